The quantitative estimate of drug-likeness (QED) is 0.202. The van der Waals surface area contributed by atoms with Crippen LogP contribution in [0.15, 0.2) is 97.1 Å². The van der Waals surface area contributed by atoms with E-state index >= 15 is 0 Å². The molecular formula is C32H19Cl2NO6. The summed E-state index contributed by atoms with van der Waals surface area (Å²) in [6.45, 7) is 0. The first kappa shape index (κ1) is 25.7. The van der Waals surface area contributed by atoms with Crippen LogP contribution in [0.3, 0.4) is 0 Å². The Morgan fingerprint density at radius 3 is 1.73 bits per heavy atom. The lowest BCUT2D eigenvalue weighted by Gasteiger charge is -2.27. The molecule has 0 unspecified atom stereocenters. The van der Waals surface area contributed by atoms with Crippen molar-refractivity contribution in [2.45, 2.75) is 11.7 Å². The molecule has 202 valence electrons. The average molecular weight is 584 g/mol. The van der Waals surface area contributed by atoms with E-state index in [0.717, 1.165) is 4.90 Å². The Morgan fingerprint density at radius 2 is 1.17 bits per heavy atom. The highest BCUT2D eigenvalue weighted by molar-refractivity contribution is 6.37. The van der Waals surface area contributed by atoms with Gasteiger partial charge in [-0.15, -0.1) is 0 Å². The molecule has 4 aromatic carbocycles. The molecule has 1 aliphatic carbocycles. The van der Waals surface area contributed by atoms with Crippen molar-refractivity contribution in [2.75, 3.05) is 4.90 Å². The Kier molecular flexibility index (Phi) is 5.87. The maximum atomic E-state index is 14.1. The number of imide groups is 1. The molecule has 7 rings (SSSR count). The first-order chi connectivity index (χ1) is 19.8. The molecule has 0 bridgehead atoms. The van der Waals surface area contributed by atoms with Gasteiger partial charge in [-0.2, -0.15) is 0 Å². The van der Waals surface area contributed by atoms with E-state index in [4.69, 9.17) is 32.7 Å². The van der Waals surface area contributed by atoms with Gasteiger partial charge < -0.3 is 9.47 Å². The van der Waals surface area contributed by atoms with Gasteiger partial charge in [0.05, 0.1) is 23.6 Å². The van der Waals surface area contributed by atoms with Crippen LogP contribution in [-0.2, 0) is 14.3 Å². The van der Waals surface area contributed by atoms with Gasteiger partial charge in [0.15, 0.2) is 0 Å². The smallest absolute Gasteiger partial charge is 0.241 e. The lowest BCUT2D eigenvalue weighted by molar-refractivity contribution is -0.127. The van der Waals surface area contributed by atoms with Gasteiger partial charge in [-0.1, -0.05) is 59.6 Å². The Bertz CT molecular complexity index is 1720. The molecule has 41 heavy (non-hydrogen) atoms. The highest BCUT2D eigenvalue weighted by atomic mass is 35.5. The minimum Gasteiger partial charge on any atom is -0.457 e. The van der Waals surface area contributed by atoms with Crippen molar-refractivity contribution in [3.8, 4) is 11.5 Å². The number of hydrogen-bond acceptors (Lipinski definition) is 6. The topological polar surface area (TPSA) is 90.0 Å². The number of carbonyl (C=O) groups excluding carboxylic acids is 4. The largest absolute Gasteiger partial charge is 0.457 e. The Labute approximate surface area is 244 Å². The minimum absolute atomic E-state index is 0.176. The van der Waals surface area contributed by atoms with Crippen molar-refractivity contribution in [3.05, 3.63) is 124 Å². The van der Waals surface area contributed by atoms with Gasteiger partial charge in [-0.05, 0) is 66.2 Å². The van der Waals surface area contributed by atoms with E-state index in [2.05, 4.69) is 0 Å². The molecule has 0 saturated carbocycles. The molecule has 2 aliphatic heterocycles. The van der Waals surface area contributed by atoms with Gasteiger partial charge in [0.1, 0.15) is 11.5 Å². The van der Waals surface area contributed by atoms with Crippen molar-refractivity contribution in [1.82, 2.24) is 0 Å². The molecule has 0 N–H and O–H groups in total. The summed E-state index contributed by atoms with van der Waals surface area (Å²) in [6.07, 6.45) is -1.02. The van der Waals surface area contributed by atoms with E-state index in [-0.39, 0.29) is 11.1 Å². The summed E-state index contributed by atoms with van der Waals surface area (Å²) in [5.41, 5.74) is -0.964. The molecule has 2 saturated heterocycles. The number of ketones is 2. The lowest BCUT2D eigenvalue weighted by atomic mass is 9.77. The number of ether oxygens (including phenoxy) is 2. The number of anilines is 1. The van der Waals surface area contributed by atoms with Crippen LogP contribution in [0.25, 0.3) is 0 Å². The van der Waals surface area contributed by atoms with Gasteiger partial charge in [0.2, 0.25) is 29.0 Å². The average Bonchev–Trinajstić information content (AvgIpc) is 3.55. The van der Waals surface area contributed by atoms with Crippen LogP contribution >= 0.6 is 23.2 Å². The van der Waals surface area contributed by atoms with Gasteiger partial charge in [-0.3, -0.25) is 19.2 Å². The minimum atomic E-state index is -2.14. The molecule has 2 heterocycles. The third-order valence-electron chi connectivity index (χ3n) is 7.86. The molecule has 0 aromatic heterocycles. The molecule has 0 radical (unpaired) electrons. The number of halogens is 2. The summed E-state index contributed by atoms with van der Waals surface area (Å²) in [4.78, 5) is 56.9. The molecular weight excluding hydrogens is 565 g/mol. The summed E-state index contributed by atoms with van der Waals surface area (Å²) >= 11 is 12.0. The van der Waals surface area contributed by atoms with Gasteiger partial charge in [0, 0.05) is 21.2 Å². The standard InChI is InChI=1S/C32H19Cl2NO6/c33-18-7-5-17(6-8-18)27-25-26(32(41-27)28(36)23-3-1-2-4-24(23)29(32)37)31(39)35(30(25)38)20-11-15-22(16-12-20)40-21-13-9-19(34)10-14-21/h1-16,25-27H/t25-,26+,27+/m1/s1. The van der Waals surface area contributed by atoms with Crippen LogP contribution in [0.4, 0.5) is 5.69 Å². The summed E-state index contributed by atoms with van der Waals surface area (Å²) in [7, 11) is 0. The Morgan fingerprint density at radius 1 is 0.659 bits per heavy atom. The van der Waals surface area contributed by atoms with Crippen LogP contribution in [0.1, 0.15) is 32.4 Å². The van der Waals surface area contributed by atoms with Crippen LogP contribution in [0, 0.1) is 11.8 Å². The molecule has 2 amide bonds. The van der Waals surface area contributed by atoms with E-state index in [1.165, 1.54) is 12.1 Å². The lowest BCUT2D eigenvalue weighted by Crippen LogP contribution is -2.51. The van der Waals surface area contributed by atoms with E-state index in [0.29, 0.717) is 32.8 Å². The van der Waals surface area contributed by atoms with Crippen LogP contribution in [-0.4, -0.2) is 29.0 Å². The monoisotopic (exact) mass is 583 g/mol. The predicted molar refractivity (Wildman–Crippen MR) is 151 cm³/mol. The van der Waals surface area contributed by atoms with Crippen LogP contribution in [0.2, 0.25) is 10.0 Å². The molecule has 1 spiro atoms. The summed E-state index contributed by atoms with van der Waals surface area (Å²) in [5.74, 6) is -3.85. The number of carbonyl (C=O) groups is 4. The second-order valence-corrected chi connectivity index (χ2v) is 11.0. The van der Waals surface area contributed by atoms with E-state index in [9.17, 15) is 19.2 Å². The van der Waals surface area contributed by atoms with Gasteiger partial charge in [-0.25, -0.2) is 4.90 Å². The molecule has 9 heteroatoms. The normalized spacial score (nSPS) is 22.4. The fourth-order valence-corrected chi connectivity index (χ4v) is 6.28. The number of nitrogens with zero attached hydrogens (tertiary/aromatic N) is 1. The zero-order valence-corrected chi connectivity index (χ0v) is 22.6. The number of rotatable bonds is 4. The second-order valence-electron chi connectivity index (χ2n) is 10.1. The predicted octanol–water partition coefficient (Wildman–Crippen LogP) is 6.48. The molecule has 7 nitrogen and oxygen atoms in total. The Balaban J connectivity index is 1.28. The first-order valence-corrected chi connectivity index (χ1v) is 13.6. The van der Waals surface area contributed by atoms with Crippen molar-refractivity contribution in [1.29, 1.82) is 0 Å². The highest BCUT2D eigenvalue weighted by Gasteiger charge is 2.74. The number of fused-ring (bicyclic) bond motifs is 3. The first-order valence-electron chi connectivity index (χ1n) is 12.8. The van der Waals surface area contributed by atoms with Gasteiger partial charge in [0.25, 0.3) is 0 Å². The number of amides is 2. The van der Waals surface area contributed by atoms with Crippen LogP contribution < -0.4 is 9.64 Å². The number of hydrogen-bond donors (Lipinski definition) is 0. The summed E-state index contributed by atoms with van der Waals surface area (Å²) in [5, 5.41) is 1.04. The summed E-state index contributed by atoms with van der Waals surface area (Å²) < 4.78 is 12.1. The molecule has 4 aromatic rings. The van der Waals surface area contributed by atoms with Crippen molar-refractivity contribution in [2.24, 2.45) is 11.8 Å². The van der Waals surface area contributed by atoms with Crippen molar-refractivity contribution >= 4 is 52.3 Å². The third kappa shape index (κ3) is 3.77. The third-order valence-corrected chi connectivity index (χ3v) is 8.37. The molecule has 3 aliphatic rings. The number of benzene rings is 4. The zero-order valence-electron chi connectivity index (χ0n) is 21.1. The fraction of sp³-hybridized carbons (Fsp3) is 0.125. The van der Waals surface area contributed by atoms with E-state index in [1.54, 1.807) is 84.9 Å². The van der Waals surface area contributed by atoms with Gasteiger partial charge >= 0.3 is 0 Å². The zero-order chi connectivity index (χ0) is 28.5. The fourth-order valence-electron chi connectivity index (χ4n) is 6.03. The molecule has 3 atom stereocenters. The maximum absolute atomic E-state index is 14.1. The molecule has 2 fully saturated rings. The number of Topliss-reactive ketones (excluding diaryl/α,β-unsaturated/α-hetero) is 2. The SMILES string of the molecule is O=C1[C@@H]2[C@@H](C(=O)N1c1ccc(Oc3ccc(Cl)cc3)cc1)C1(O[C@H]2c2ccc(Cl)cc2)C(=O)c2ccccc2C1=O. The van der Waals surface area contributed by atoms with E-state index in [1.807, 2.05) is 0 Å². The van der Waals surface area contributed by atoms with Crippen molar-refractivity contribution in [3.63, 3.8) is 0 Å². The van der Waals surface area contributed by atoms with Crippen LogP contribution in [0.5, 0.6) is 11.5 Å². The summed E-state index contributed by atoms with van der Waals surface area (Å²) in [6, 6.07) is 26.2. The van der Waals surface area contributed by atoms with Crippen molar-refractivity contribution < 1.29 is 28.7 Å². The Hall–Kier alpha value is -4.30. The highest BCUT2D eigenvalue weighted by Crippen LogP contribution is 2.57. The maximum Gasteiger partial charge on any atom is 0.241 e. The van der Waals surface area contributed by atoms with E-state index < -0.39 is 46.9 Å². The second kappa shape index (κ2) is 9.38.